The molecule has 26 heavy (non-hydrogen) atoms. The number of hydrogen-bond donors (Lipinski definition) is 2. The normalized spacial score (nSPS) is 13.2. The molecule has 2 aromatic rings. The van der Waals surface area contributed by atoms with Crippen molar-refractivity contribution in [2.45, 2.75) is 33.4 Å². The lowest BCUT2D eigenvalue weighted by Crippen LogP contribution is -2.35. The van der Waals surface area contributed by atoms with E-state index in [-0.39, 0.29) is 23.9 Å². The van der Waals surface area contributed by atoms with Crippen LogP contribution in [-0.2, 0) is 6.54 Å². The molecule has 0 saturated carbocycles. The Morgan fingerprint density at radius 3 is 2.46 bits per heavy atom. The van der Waals surface area contributed by atoms with Gasteiger partial charge in [0, 0.05) is 18.3 Å². The third kappa shape index (κ3) is 3.44. The Morgan fingerprint density at radius 1 is 1.04 bits per heavy atom. The maximum absolute atomic E-state index is 12.4. The number of imide groups is 1. The minimum atomic E-state index is -0.371. The Bertz CT molecular complexity index is 890. The van der Waals surface area contributed by atoms with Gasteiger partial charge in [0.25, 0.3) is 11.8 Å². The number of carbonyl (C=O) groups excluding carboxylic acids is 3. The summed E-state index contributed by atoms with van der Waals surface area (Å²) in [5, 5.41) is 5.48. The molecule has 0 bridgehead atoms. The van der Waals surface area contributed by atoms with E-state index in [4.69, 9.17) is 0 Å². The second-order valence-corrected chi connectivity index (χ2v) is 6.63. The molecule has 0 atom stereocenters. The van der Waals surface area contributed by atoms with Gasteiger partial charge in [-0.2, -0.15) is 0 Å². The maximum Gasteiger partial charge on any atom is 0.319 e. The fourth-order valence-corrected chi connectivity index (χ4v) is 2.99. The highest BCUT2D eigenvalue weighted by Gasteiger charge is 2.37. The minimum absolute atomic E-state index is 0.212. The molecule has 134 valence electrons. The van der Waals surface area contributed by atoms with Crippen molar-refractivity contribution in [1.29, 1.82) is 0 Å². The van der Waals surface area contributed by atoms with Crippen LogP contribution in [0.15, 0.2) is 42.5 Å². The van der Waals surface area contributed by atoms with Crippen molar-refractivity contribution in [1.82, 2.24) is 10.2 Å². The maximum atomic E-state index is 12.4. The van der Waals surface area contributed by atoms with Crippen molar-refractivity contribution >= 4 is 23.5 Å². The van der Waals surface area contributed by atoms with Gasteiger partial charge in [0.2, 0.25) is 0 Å². The molecule has 0 aliphatic carbocycles. The zero-order valence-corrected chi connectivity index (χ0v) is 15.0. The van der Waals surface area contributed by atoms with Crippen LogP contribution in [0, 0.1) is 6.92 Å². The molecule has 0 aromatic heterocycles. The fraction of sp³-hybridized carbons (Fsp3) is 0.250. The molecule has 0 radical (unpaired) electrons. The quantitative estimate of drug-likeness (QED) is 0.830. The highest BCUT2D eigenvalue weighted by Crippen LogP contribution is 2.27. The van der Waals surface area contributed by atoms with Crippen LogP contribution < -0.4 is 10.6 Å². The zero-order chi connectivity index (χ0) is 18.8. The predicted octanol–water partition coefficient (Wildman–Crippen LogP) is 3.32. The molecule has 0 spiro atoms. The molecule has 6 nitrogen and oxygen atoms in total. The first kappa shape index (κ1) is 17.7. The summed E-state index contributed by atoms with van der Waals surface area (Å²) in [5.74, 6) is -0.626. The predicted molar refractivity (Wildman–Crippen MR) is 99.1 cm³/mol. The van der Waals surface area contributed by atoms with Gasteiger partial charge in [-0.3, -0.25) is 14.5 Å². The van der Waals surface area contributed by atoms with Gasteiger partial charge in [0.1, 0.15) is 0 Å². The van der Waals surface area contributed by atoms with Crippen LogP contribution in [0.2, 0.25) is 0 Å². The van der Waals surface area contributed by atoms with Crippen LogP contribution >= 0.6 is 0 Å². The van der Waals surface area contributed by atoms with Gasteiger partial charge in [-0.05, 0) is 44.5 Å². The fourth-order valence-electron chi connectivity index (χ4n) is 2.99. The highest BCUT2D eigenvalue weighted by molar-refractivity contribution is 6.22. The highest BCUT2D eigenvalue weighted by atomic mass is 16.2. The molecule has 6 heteroatoms. The number of fused-ring (bicyclic) bond motifs is 1. The van der Waals surface area contributed by atoms with E-state index in [0.29, 0.717) is 23.4 Å². The number of nitrogens with zero attached hydrogens (tertiary/aromatic N) is 1. The Labute approximate surface area is 152 Å². The number of amides is 4. The molecule has 2 aromatic carbocycles. The zero-order valence-electron chi connectivity index (χ0n) is 15.0. The summed E-state index contributed by atoms with van der Waals surface area (Å²) >= 11 is 0. The van der Waals surface area contributed by atoms with E-state index in [1.54, 1.807) is 32.0 Å². The summed E-state index contributed by atoms with van der Waals surface area (Å²) in [6, 6.07) is 12.0. The van der Waals surface area contributed by atoms with Gasteiger partial charge < -0.3 is 10.6 Å². The summed E-state index contributed by atoms with van der Waals surface area (Å²) in [6.45, 7) is 5.98. The van der Waals surface area contributed by atoms with Gasteiger partial charge in [0.15, 0.2) is 0 Å². The monoisotopic (exact) mass is 351 g/mol. The second kappa shape index (κ2) is 7.00. The van der Waals surface area contributed by atoms with Crippen LogP contribution in [-0.4, -0.2) is 28.8 Å². The summed E-state index contributed by atoms with van der Waals surface area (Å²) < 4.78 is 0. The third-order valence-electron chi connectivity index (χ3n) is 4.23. The number of benzene rings is 2. The molecule has 3 rings (SSSR count). The summed E-state index contributed by atoms with van der Waals surface area (Å²) in [4.78, 5) is 38.0. The Balaban J connectivity index is 1.68. The number of aryl methyl sites for hydroxylation is 1. The molecular formula is C20H21N3O3. The van der Waals surface area contributed by atoms with Crippen molar-refractivity contribution in [3.63, 3.8) is 0 Å². The Kier molecular flexibility index (Phi) is 4.75. The Hall–Kier alpha value is -3.15. The first-order valence-electron chi connectivity index (χ1n) is 8.49. The molecular weight excluding hydrogens is 330 g/mol. The van der Waals surface area contributed by atoms with Crippen LogP contribution in [0.25, 0.3) is 0 Å². The second-order valence-electron chi connectivity index (χ2n) is 6.63. The van der Waals surface area contributed by atoms with Crippen molar-refractivity contribution in [2.75, 3.05) is 5.32 Å². The van der Waals surface area contributed by atoms with E-state index in [1.165, 1.54) is 4.90 Å². The SMILES string of the molecule is Cc1cccc(CNC(=O)Nc2ccc3c(c2)C(=O)N(C(C)C)C3=O)c1. The molecule has 0 fully saturated rings. The molecule has 4 amide bonds. The van der Waals surface area contributed by atoms with E-state index < -0.39 is 0 Å². The largest absolute Gasteiger partial charge is 0.334 e. The van der Waals surface area contributed by atoms with E-state index in [0.717, 1.165) is 11.1 Å². The summed E-state index contributed by atoms with van der Waals surface area (Å²) in [5.41, 5.74) is 3.29. The molecule has 1 aliphatic rings. The van der Waals surface area contributed by atoms with Gasteiger partial charge >= 0.3 is 6.03 Å². The van der Waals surface area contributed by atoms with Crippen molar-refractivity contribution in [3.8, 4) is 0 Å². The lowest BCUT2D eigenvalue weighted by Gasteiger charge is -2.17. The van der Waals surface area contributed by atoms with Crippen LogP contribution in [0.3, 0.4) is 0 Å². The summed E-state index contributed by atoms with van der Waals surface area (Å²) in [7, 11) is 0. The molecule has 1 aliphatic heterocycles. The van der Waals surface area contributed by atoms with Crippen LogP contribution in [0.4, 0.5) is 10.5 Å². The van der Waals surface area contributed by atoms with Gasteiger partial charge in [-0.15, -0.1) is 0 Å². The molecule has 0 unspecified atom stereocenters. The molecule has 1 heterocycles. The first-order valence-corrected chi connectivity index (χ1v) is 8.49. The minimum Gasteiger partial charge on any atom is -0.334 e. The number of nitrogens with one attached hydrogen (secondary N) is 2. The van der Waals surface area contributed by atoms with Crippen molar-refractivity contribution in [2.24, 2.45) is 0 Å². The van der Waals surface area contributed by atoms with Gasteiger partial charge in [-0.25, -0.2) is 4.79 Å². The van der Waals surface area contributed by atoms with E-state index >= 15 is 0 Å². The van der Waals surface area contributed by atoms with E-state index in [9.17, 15) is 14.4 Å². The van der Waals surface area contributed by atoms with Crippen LogP contribution in [0.5, 0.6) is 0 Å². The first-order chi connectivity index (χ1) is 12.4. The Morgan fingerprint density at radius 2 is 1.77 bits per heavy atom. The molecule has 2 N–H and O–H groups in total. The number of urea groups is 1. The van der Waals surface area contributed by atoms with E-state index in [1.807, 2.05) is 31.2 Å². The van der Waals surface area contributed by atoms with Gasteiger partial charge in [0.05, 0.1) is 11.1 Å². The number of rotatable bonds is 4. The average Bonchev–Trinajstić information content (AvgIpc) is 2.84. The number of anilines is 1. The number of hydrogen-bond acceptors (Lipinski definition) is 3. The summed E-state index contributed by atoms with van der Waals surface area (Å²) in [6.07, 6.45) is 0. The van der Waals surface area contributed by atoms with E-state index in [2.05, 4.69) is 10.6 Å². The average molecular weight is 351 g/mol. The number of carbonyl (C=O) groups is 3. The van der Waals surface area contributed by atoms with Gasteiger partial charge in [-0.1, -0.05) is 29.8 Å². The standard InChI is InChI=1S/C20H21N3O3/c1-12(2)23-18(24)16-8-7-15(10-17(16)19(23)25)22-20(26)21-11-14-6-4-5-13(3)9-14/h4-10,12H,11H2,1-3H3,(H2,21,22,26). The third-order valence-corrected chi connectivity index (χ3v) is 4.23. The lowest BCUT2D eigenvalue weighted by atomic mass is 10.1. The smallest absolute Gasteiger partial charge is 0.319 e. The topological polar surface area (TPSA) is 78.5 Å². The molecule has 0 saturated heterocycles. The lowest BCUT2D eigenvalue weighted by molar-refractivity contribution is 0.0609. The van der Waals surface area contributed by atoms with Crippen LogP contribution in [0.1, 0.15) is 45.7 Å². The van der Waals surface area contributed by atoms with Crippen molar-refractivity contribution < 1.29 is 14.4 Å². The van der Waals surface area contributed by atoms with Crippen molar-refractivity contribution in [3.05, 3.63) is 64.7 Å².